The molecule has 1 radical (unpaired) electrons. The van der Waals surface area contributed by atoms with Crippen molar-refractivity contribution in [1.82, 2.24) is 0 Å². The second-order valence-electron chi connectivity index (χ2n) is 4.55. The first-order valence-electron chi connectivity index (χ1n) is 5.34. The fourth-order valence-corrected chi connectivity index (χ4v) is 1.25. The summed E-state index contributed by atoms with van der Waals surface area (Å²) >= 11 is 0. The second kappa shape index (κ2) is 5.48. The van der Waals surface area contributed by atoms with Crippen LogP contribution in [0.1, 0.15) is 20.8 Å². The molecule has 0 aliphatic carbocycles. The van der Waals surface area contributed by atoms with Gasteiger partial charge >= 0.3 is 6.09 Å². The van der Waals surface area contributed by atoms with Crippen LogP contribution in [0.25, 0.3) is 0 Å². The summed E-state index contributed by atoms with van der Waals surface area (Å²) in [5, 5.41) is 0. The number of carbonyl (C=O) groups is 1. The molecule has 0 saturated heterocycles. The second-order valence-corrected chi connectivity index (χ2v) is 4.55. The highest BCUT2D eigenvalue weighted by Crippen LogP contribution is 2.17. The Morgan fingerprint density at radius 2 is 1.88 bits per heavy atom. The fraction of sp³-hybridized carbons (Fsp3) is 0.385. The van der Waals surface area contributed by atoms with Crippen molar-refractivity contribution < 1.29 is 14.3 Å². The number of nitrogens with zero attached hydrogens (tertiary/aromatic N) is 1. The molecule has 91 valence electrons. The maximum atomic E-state index is 11.9. The number of carbonyl (C=O) groups excluding carboxylic acids is 2. The zero-order valence-electron chi connectivity index (χ0n) is 10.3. The molecule has 0 fully saturated rings. The molecule has 0 heterocycles. The Balaban J connectivity index is 2.87. The third-order valence-electron chi connectivity index (χ3n) is 1.90. The molecule has 0 aliphatic rings. The summed E-state index contributed by atoms with van der Waals surface area (Å²) in [6.07, 6.45) is 1.16. The Morgan fingerprint density at radius 3 is 2.35 bits per heavy atom. The van der Waals surface area contributed by atoms with Crippen LogP contribution in [0, 0.1) is 0 Å². The molecular weight excluding hydrogens is 218 g/mol. The van der Waals surface area contributed by atoms with Crippen LogP contribution in [0.4, 0.5) is 10.5 Å². The predicted octanol–water partition coefficient (Wildman–Crippen LogP) is 2.54. The largest absolute Gasteiger partial charge is 0.443 e. The van der Waals surface area contributed by atoms with Gasteiger partial charge in [0.2, 0.25) is 6.29 Å². The molecule has 0 atom stereocenters. The summed E-state index contributed by atoms with van der Waals surface area (Å²) in [6, 6.07) is 8.89. The van der Waals surface area contributed by atoms with Crippen LogP contribution in [-0.4, -0.2) is 24.5 Å². The van der Waals surface area contributed by atoms with Gasteiger partial charge in [-0.1, -0.05) is 18.2 Å². The van der Waals surface area contributed by atoms with Gasteiger partial charge < -0.3 is 4.74 Å². The quantitative estimate of drug-likeness (QED) is 0.807. The molecule has 0 N–H and O–H groups in total. The molecule has 0 aromatic heterocycles. The zero-order valence-corrected chi connectivity index (χ0v) is 10.3. The van der Waals surface area contributed by atoms with E-state index < -0.39 is 11.7 Å². The van der Waals surface area contributed by atoms with Crippen molar-refractivity contribution in [1.29, 1.82) is 0 Å². The highest BCUT2D eigenvalue weighted by atomic mass is 16.6. The van der Waals surface area contributed by atoms with E-state index in [1.54, 1.807) is 51.3 Å². The molecule has 0 bridgehead atoms. The Kier molecular flexibility index (Phi) is 4.26. The highest BCUT2D eigenvalue weighted by Gasteiger charge is 2.22. The average Bonchev–Trinajstić information content (AvgIpc) is 2.24. The van der Waals surface area contributed by atoms with E-state index in [1.807, 2.05) is 6.07 Å². The number of benzene rings is 1. The molecule has 4 heteroatoms. The first kappa shape index (κ1) is 13.2. The molecule has 1 aromatic carbocycles. The first-order valence-corrected chi connectivity index (χ1v) is 5.34. The highest BCUT2D eigenvalue weighted by molar-refractivity contribution is 5.91. The van der Waals surface area contributed by atoms with Crippen molar-refractivity contribution in [2.75, 3.05) is 11.4 Å². The van der Waals surface area contributed by atoms with E-state index in [2.05, 4.69) is 0 Å². The lowest BCUT2D eigenvalue weighted by Gasteiger charge is -2.25. The van der Waals surface area contributed by atoms with Crippen LogP contribution in [-0.2, 0) is 9.53 Å². The number of rotatable bonds is 3. The minimum absolute atomic E-state index is 0.140. The Morgan fingerprint density at radius 1 is 1.29 bits per heavy atom. The van der Waals surface area contributed by atoms with Crippen molar-refractivity contribution in [3.05, 3.63) is 30.3 Å². The third kappa shape index (κ3) is 4.26. The summed E-state index contributed by atoms with van der Waals surface area (Å²) in [4.78, 5) is 23.6. The number of amides is 1. The Hall–Kier alpha value is -1.84. The van der Waals surface area contributed by atoms with Crippen LogP contribution in [0.3, 0.4) is 0 Å². The van der Waals surface area contributed by atoms with Gasteiger partial charge in [0.25, 0.3) is 0 Å². The molecule has 0 spiro atoms. The van der Waals surface area contributed by atoms with Gasteiger partial charge in [0, 0.05) is 5.69 Å². The number of hydrogen-bond donors (Lipinski definition) is 0. The van der Waals surface area contributed by atoms with E-state index in [9.17, 15) is 9.59 Å². The summed E-state index contributed by atoms with van der Waals surface area (Å²) in [5.41, 5.74) is 0.0256. The third-order valence-corrected chi connectivity index (χ3v) is 1.90. The summed E-state index contributed by atoms with van der Waals surface area (Å²) in [7, 11) is 0. The topological polar surface area (TPSA) is 46.6 Å². The zero-order chi connectivity index (χ0) is 12.9. The first-order chi connectivity index (χ1) is 7.94. The van der Waals surface area contributed by atoms with E-state index in [0.717, 1.165) is 0 Å². The normalized spacial score (nSPS) is 10.8. The summed E-state index contributed by atoms with van der Waals surface area (Å²) in [6.45, 7) is 5.19. The van der Waals surface area contributed by atoms with Gasteiger partial charge in [0.1, 0.15) is 5.60 Å². The Bertz CT molecular complexity index is 381. The number of para-hydroxylation sites is 1. The number of anilines is 1. The van der Waals surface area contributed by atoms with Crippen LogP contribution in [0.5, 0.6) is 0 Å². The van der Waals surface area contributed by atoms with Crippen molar-refractivity contribution in [2.24, 2.45) is 0 Å². The maximum absolute atomic E-state index is 11.9. The van der Waals surface area contributed by atoms with Crippen LogP contribution in [0.15, 0.2) is 30.3 Å². The van der Waals surface area contributed by atoms with Crippen molar-refractivity contribution in [2.45, 2.75) is 26.4 Å². The van der Waals surface area contributed by atoms with Crippen LogP contribution >= 0.6 is 0 Å². The molecule has 1 aromatic rings. The van der Waals surface area contributed by atoms with Crippen molar-refractivity contribution in [3.8, 4) is 0 Å². The van der Waals surface area contributed by atoms with Gasteiger partial charge in [0.15, 0.2) is 0 Å². The number of ether oxygens (including phenoxy) is 1. The van der Waals surface area contributed by atoms with Gasteiger partial charge in [-0.15, -0.1) is 0 Å². The molecule has 0 saturated carbocycles. The van der Waals surface area contributed by atoms with Crippen molar-refractivity contribution >= 4 is 18.1 Å². The van der Waals surface area contributed by atoms with E-state index >= 15 is 0 Å². The molecule has 1 rings (SSSR count). The van der Waals surface area contributed by atoms with Gasteiger partial charge in [0.05, 0.1) is 6.54 Å². The lowest BCUT2D eigenvalue weighted by atomic mass is 10.2. The fourth-order valence-electron chi connectivity index (χ4n) is 1.25. The molecule has 4 nitrogen and oxygen atoms in total. The summed E-state index contributed by atoms with van der Waals surface area (Å²) < 4.78 is 5.21. The van der Waals surface area contributed by atoms with E-state index in [1.165, 1.54) is 4.90 Å². The SMILES string of the molecule is CC(C)(C)OC(=O)N(C[C]=O)c1ccccc1. The standard InChI is InChI=1S/C13H16NO3/c1-13(2,3)17-12(16)14(9-10-15)11-7-5-4-6-8-11/h4-8H,9H2,1-3H3. The Labute approximate surface area is 101 Å². The monoisotopic (exact) mass is 234 g/mol. The minimum Gasteiger partial charge on any atom is -0.443 e. The van der Waals surface area contributed by atoms with E-state index in [0.29, 0.717) is 5.69 Å². The van der Waals surface area contributed by atoms with Gasteiger partial charge in [-0.2, -0.15) is 0 Å². The average molecular weight is 234 g/mol. The van der Waals surface area contributed by atoms with Gasteiger partial charge in [-0.3, -0.25) is 9.69 Å². The lowest BCUT2D eigenvalue weighted by Crippen LogP contribution is -2.37. The van der Waals surface area contributed by atoms with Crippen molar-refractivity contribution in [3.63, 3.8) is 0 Å². The number of hydrogen-bond acceptors (Lipinski definition) is 3. The lowest BCUT2D eigenvalue weighted by molar-refractivity contribution is 0.0585. The smallest absolute Gasteiger partial charge is 0.415 e. The van der Waals surface area contributed by atoms with E-state index in [4.69, 9.17) is 4.74 Å². The molecular formula is C13H16NO3. The maximum Gasteiger partial charge on any atom is 0.415 e. The predicted molar refractivity (Wildman–Crippen MR) is 65.7 cm³/mol. The van der Waals surface area contributed by atoms with Crippen LogP contribution in [0.2, 0.25) is 0 Å². The molecule has 0 unspecified atom stereocenters. The molecule has 17 heavy (non-hydrogen) atoms. The van der Waals surface area contributed by atoms with Crippen LogP contribution < -0.4 is 4.90 Å². The molecule has 1 amide bonds. The van der Waals surface area contributed by atoms with Gasteiger partial charge in [-0.05, 0) is 32.9 Å². The molecule has 0 aliphatic heterocycles. The van der Waals surface area contributed by atoms with Gasteiger partial charge in [-0.25, -0.2) is 4.79 Å². The summed E-state index contributed by atoms with van der Waals surface area (Å²) in [5.74, 6) is 0. The van der Waals surface area contributed by atoms with E-state index in [-0.39, 0.29) is 6.54 Å². The minimum atomic E-state index is -0.590.